The van der Waals surface area contributed by atoms with Crippen LogP contribution in [-0.4, -0.2) is 40.2 Å². The maximum absolute atomic E-state index is 11.6. The number of benzene rings is 1. The normalized spacial score (nSPS) is 10.2. The molecule has 6 heteroatoms. The Hall–Kier alpha value is -1.79. The summed E-state index contributed by atoms with van der Waals surface area (Å²) in [6, 6.07) is 6.81. The van der Waals surface area contributed by atoms with E-state index in [0.29, 0.717) is 11.4 Å². The SMILES string of the molecule is COc1ccccc1NC(=O)NCC(OC)OC. The van der Waals surface area contributed by atoms with Gasteiger partial charge in [0.05, 0.1) is 19.3 Å². The predicted molar refractivity (Wildman–Crippen MR) is 67.8 cm³/mol. The molecule has 0 radical (unpaired) electrons. The molecule has 0 unspecified atom stereocenters. The molecule has 1 aromatic rings. The van der Waals surface area contributed by atoms with Crippen molar-refractivity contribution >= 4 is 11.7 Å². The number of carbonyl (C=O) groups is 1. The molecule has 0 heterocycles. The molecule has 1 aromatic carbocycles. The maximum atomic E-state index is 11.6. The topological polar surface area (TPSA) is 68.8 Å². The number of rotatable bonds is 6. The molecule has 0 saturated carbocycles. The van der Waals surface area contributed by atoms with Crippen molar-refractivity contribution in [2.24, 2.45) is 0 Å². The van der Waals surface area contributed by atoms with Gasteiger partial charge >= 0.3 is 6.03 Å². The van der Waals surface area contributed by atoms with E-state index in [1.165, 1.54) is 14.2 Å². The van der Waals surface area contributed by atoms with E-state index in [-0.39, 0.29) is 12.6 Å². The lowest BCUT2D eigenvalue weighted by Crippen LogP contribution is -2.36. The number of amides is 2. The number of methoxy groups -OCH3 is 3. The largest absolute Gasteiger partial charge is 0.495 e. The van der Waals surface area contributed by atoms with Crippen LogP contribution in [0.3, 0.4) is 0 Å². The summed E-state index contributed by atoms with van der Waals surface area (Å²) in [5.74, 6) is 0.600. The van der Waals surface area contributed by atoms with Gasteiger partial charge in [-0.2, -0.15) is 0 Å². The second-order valence-electron chi connectivity index (χ2n) is 3.44. The highest BCUT2D eigenvalue weighted by Crippen LogP contribution is 2.22. The second kappa shape index (κ2) is 7.52. The molecular weight excluding hydrogens is 236 g/mol. The van der Waals surface area contributed by atoms with Gasteiger partial charge in [0.15, 0.2) is 6.29 Å². The fourth-order valence-electron chi connectivity index (χ4n) is 1.35. The molecule has 0 aliphatic rings. The zero-order valence-corrected chi connectivity index (χ0v) is 10.7. The van der Waals surface area contributed by atoms with E-state index in [2.05, 4.69) is 10.6 Å². The Balaban J connectivity index is 2.49. The molecule has 2 amide bonds. The minimum absolute atomic E-state index is 0.258. The van der Waals surface area contributed by atoms with Crippen LogP contribution in [-0.2, 0) is 9.47 Å². The van der Waals surface area contributed by atoms with Crippen LogP contribution < -0.4 is 15.4 Å². The van der Waals surface area contributed by atoms with Crippen molar-refractivity contribution in [3.63, 3.8) is 0 Å². The molecule has 0 fully saturated rings. The van der Waals surface area contributed by atoms with Crippen molar-refractivity contribution in [1.29, 1.82) is 0 Å². The Labute approximate surface area is 106 Å². The Bertz CT molecular complexity index is 380. The van der Waals surface area contributed by atoms with Crippen molar-refractivity contribution in [3.8, 4) is 5.75 Å². The number of carbonyl (C=O) groups excluding carboxylic acids is 1. The predicted octanol–water partition coefficient (Wildman–Crippen LogP) is 1.44. The molecule has 0 aliphatic carbocycles. The fraction of sp³-hybridized carbons (Fsp3) is 0.417. The first-order valence-electron chi connectivity index (χ1n) is 5.44. The summed E-state index contributed by atoms with van der Waals surface area (Å²) in [7, 11) is 4.56. The summed E-state index contributed by atoms with van der Waals surface area (Å²) in [6.07, 6.45) is -0.464. The zero-order chi connectivity index (χ0) is 13.4. The number of ether oxygens (including phenoxy) is 3. The molecule has 0 aromatic heterocycles. The van der Waals surface area contributed by atoms with Crippen molar-refractivity contribution in [2.45, 2.75) is 6.29 Å². The first-order chi connectivity index (χ1) is 8.71. The lowest BCUT2D eigenvalue weighted by atomic mass is 10.3. The minimum Gasteiger partial charge on any atom is -0.495 e. The lowest BCUT2D eigenvalue weighted by molar-refractivity contribution is -0.0970. The number of anilines is 1. The van der Waals surface area contributed by atoms with Gasteiger partial charge in [0.25, 0.3) is 0 Å². The summed E-state index contributed by atoms with van der Waals surface area (Å²) in [4.78, 5) is 11.6. The Morgan fingerprint density at radius 2 is 1.89 bits per heavy atom. The minimum atomic E-state index is -0.464. The van der Waals surface area contributed by atoms with E-state index in [1.807, 2.05) is 12.1 Å². The van der Waals surface area contributed by atoms with Crippen molar-refractivity contribution in [1.82, 2.24) is 5.32 Å². The maximum Gasteiger partial charge on any atom is 0.319 e. The average molecular weight is 254 g/mol. The van der Waals surface area contributed by atoms with E-state index in [1.54, 1.807) is 19.2 Å². The molecule has 0 bridgehead atoms. The lowest BCUT2D eigenvalue weighted by Gasteiger charge is -2.15. The smallest absolute Gasteiger partial charge is 0.319 e. The van der Waals surface area contributed by atoms with E-state index in [0.717, 1.165) is 0 Å². The first kappa shape index (κ1) is 14.3. The first-order valence-corrected chi connectivity index (χ1v) is 5.44. The van der Waals surface area contributed by atoms with E-state index < -0.39 is 6.29 Å². The standard InChI is InChI=1S/C12H18N2O4/c1-16-10-7-5-4-6-9(10)14-12(15)13-8-11(17-2)18-3/h4-7,11H,8H2,1-3H3,(H2,13,14,15). The summed E-state index contributed by atoms with van der Waals surface area (Å²) in [6.45, 7) is 0.258. The number of nitrogens with one attached hydrogen (secondary N) is 2. The third kappa shape index (κ3) is 4.23. The van der Waals surface area contributed by atoms with Gasteiger partial charge in [0, 0.05) is 14.2 Å². The van der Waals surface area contributed by atoms with Crippen LogP contribution >= 0.6 is 0 Å². The highest BCUT2D eigenvalue weighted by molar-refractivity contribution is 5.90. The number of urea groups is 1. The Kier molecular flexibility index (Phi) is 5.96. The van der Waals surface area contributed by atoms with Crippen LogP contribution in [0.1, 0.15) is 0 Å². The Morgan fingerprint density at radius 3 is 2.50 bits per heavy atom. The molecule has 1 rings (SSSR count). The van der Waals surface area contributed by atoms with Crippen LogP contribution in [0.15, 0.2) is 24.3 Å². The second-order valence-corrected chi connectivity index (χ2v) is 3.44. The molecule has 0 aliphatic heterocycles. The monoisotopic (exact) mass is 254 g/mol. The molecule has 6 nitrogen and oxygen atoms in total. The zero-order valence-electron chi connectivity index (χ0n) is 10.7. The van der Waals surface area contributed by atoms with Crippen molar-refractivity contribution < 1.29 is 19.0 Å². The summed E-state index contributed by atoms with van der Waals surface area (Å²) < 4.78 is 15.0. The Morgan fingerprint density at radius 1 is 1.22 bits per heavy atom. The third-order valence-corrected chi connectivity index (χ3v) is 2.31. The number of hydrogen-bond acceptors (Lipinski definition) is 4. The molecule has 0 saturated heterocycles. The van der Waals surface area contributed by atoms with E-state index >= 15 is 0 Å². The van der Waals surface area contributed by atoms with Gasteiger partial charge in [0.2, 0.25) is 0 Å². The fourth-order valence-corrected chi connectivity index (χ4v) is 1.35. The summed E-state index contributed by atoms with van der Waals surface area (Å²) in [5.41, 5.74) is 0.601. The quantitative estimate of drug-likeness (QED) is 0.754. The van der Waals surface area contributed by atoms with E-state index in [9.17, 15) is 4.79 Å². The van der Waals surface area contributed by atoms with Gasteiger partial charge in [-0.15, -0.1) is 0 Å². The summed E-state index contributed by atoms with van der Waals surface area (Å²) in [5, 5.41) is 5.31. The van der Waals surface area contributed by atoms with E-state index in [4.69, 9.17) is 14.2 Å². The molecular formula is C12H18N2O4. The molecule has 100 valence electrons. The molecule has 18 heavy (non-hydrogen) atoms. The van der Waals surface area contributed by atoms with Crippen LogP contribution in [0, 0.1) is 0 Å². The van der Waals surface area contributed by atoms with Gasteiger partial charge in [-0.25, -0.2) is 4.79 Å². The van der Waals surface area contributed by atoms with Crippen LogP contribution in [0.5, 0.6) is 5.75 Å². The highest BCUT2D eigenvalue weighted by atomic mass is 16.7. The van der Waals surface area contributed by atoms with Crippen molar-refractivity contribution in [2.75, 3.05) is 33.2 Å². The highest BCUT2D eigenvalue weighted by Gasteiger charge is 2.09. The molecule has 0 spiro atoms. The van der Waals surface area contributed by atoms with Crippen LogP contribution in [0.25, 0.3) is 0 Å². The van der Waals surface area contributed by atoms with Gasteiger partial charge in [0.1, 0.15) is 5.75 Å². The van der Waals surface area contributed by atoms with Gasteiger partial charge in [-0.1, -0.05) is 12.1 Å². The van der Waals surface area contributed by atoms with Gasteiger partial charge in [-0.05, 0) is 12.1 Å². The third-order valence-electron chi connectivity index (χ3n) is 2.31. The number of hydrogen-bond donors (Lipinski definition) is 2. The van der Waals surface area contributed by atoms with Crippen molar-refractivity contribution in [3.05, 3.63) is 24.3 Å². The number of para-hydroxylation sites is 2. The van der Waals surface area contributed by atoms with Gasteiger partial charge in [-0.3, -0.25) is 0 Å². The molecule has 0 atom stereocenters. The van der Waals surface area contributed by atoms with Gasteiger partial charge < -0.3 is 24.8 Å². The molecule has 2 N–H and O–H groups in total. The van der Waals surface area contributed by atoms with Crippen LogP contribution in [0.2, 0.25) is 0 Å². The average Bonchev–Trinajstić information content (AvgIpc) is 2.40. The van der Waals surface area contributed by atoms with Crippen LogP contribution in [0.4, 0.5) is 10.5 Å². The summed E-state index contributed by atoms with van der Waals surface area (Å²) >= 11 is 0.